The lowest BCUT2D eigenvalue weighted by atomic mass is 9.80. The van der Waals surface area contributed by atoms with Gasteiger partial charge in [-0.25, -0.2) is 9.59 Å². The third-order valence-electron chi connectivity index (χ3n) is 12.6. The highest BCUT2D eigenvalue weighted by Gasteiger charge is 2.33. The number of hydrogen-bond acceptors (Lipinski definition) is 4. The van der Waals surface area contributed by atoms with Crippen molar-refractivity contribution in [3.05, 3.63) is 48.5 Å². The van der Waals surface area contributed by atoms with E-state index in [4.69, 9.17) is 0 Å². The Labute approximate surface area is 301 Å². The molecule has 5 fully saturated rings. The Bertz CT molecular complexity index is 1240. The second-order valence-electron chi connectivity index (χ2n) is 16.1. The summed E-state index contributed by atoms with van der Waals surface area (Å²) in [5.74, 6) is 1.03. The van der Waals surface area contributed by atoms with Gasteiger partial charge < -0.3 is 30.2 Å². The van der Waals surface area contributed by atoms with E-state index in [1.807, 2.05) is 0 Å². The summed E-state index contributed by atoms with van der Waals surface area (Å²) < 4.78 is 0. The number of nitrogens with one attached hydrogen (secondary N) is 2. The maximum atomic E-state index is 13.9. The molecule has 2 saturated heterocycles. The van der Waals surface area contributed by atoms with Gasteiger partial charge >= 0.3 is 12.1 Å². The average Bonchev–Trinajstić information content (AvgIpc) is 3.91. The quantitative estimate of drug-likeness (QED) is 0.262. The van der Waals surface area contributed by atoms with Gasteiger partial charge in [-0.05, 0) is 137 Å². The molecule has 0 unspecified atom stereocenters. The molecule has 0 radical (unpaired) electrons. The monoisotopic (exact) mass is 682 g/mol. The van der Waals surface area contributed by atoms with Crippen LogP contribution in [0.1, 0.15) is 116 Å². The van der Waals surface area contributed by atoms with Gasteiger partial charge in [-0.3, -0.25) is 0 Å². The number of carbonyl (C=O) groups excluding carboxylic acids is 2. The van der Waals surface area contributed by atoms with Crippen molar-refractivity contribution in [1.29, 1.82) is 0 Å². The van der Waals surface area contributed by atoms with Gasteiger partial charge in [0.1, 0.15) is 0 Å². The van der Waals surface area contributed by atoms with Crippen molar-refractivity contribution in [2.75, 3.05) is 59.7 Å². The highest BCUT2D eigenvalue weighted by atomic mass is 16.2. The maximum Gasteiger partial charge on any atom is 0.322 e. The molecule has 0 aromatic heterocycles. The smallest absolute Gasteiger partial charge is 0.322 e. The van der Waals surface area contributed by atoms with Crippen molar-refractivity contribution in [2.45, 2.75) is 128 Å². The predicted octanol–water partition coefficient (Wildman–Crippen LogP) is 9.73. The van der Waals surface area contributed by atoms with Gasteiger partial charge in [0, 0.05) is 74.1 Å². The molecule has 50 heavy (non-hydrogen) atoms. The Kier molecular flexibility index (Phi) is 12.0. The van der Waals surface area contributed by atoms with E-state index in [-0.39, 0.29) is 12.1 Å². The molecule has 2 heterocycles. The van der Waals surface area contributed by atoms with Crippen LogP contribution in [0, 0.1) is 11.8 Å². The fourth-order valence-corrected chi connectivity index (χ4v) is 9.59. The molecule has 0 spiro atoms. The van der Waals surface area contributed by atoms with Gasteiger partial charge in [-0.1, -0.05) is 38.5 Å². The second-order valence-corrected chi connectivity index (χ2v) is 16.1. The lowest BCUT2D eigenvalue weighted by molar-refractivity contribution is 0.117. The molecular weight excluding hydrogens is 621 g/mol. The van der Waals surface area contributed by atoms with E-state index in [0.29, 0.717) is 23.9 Å². The van der Waals surface area contributed by atoms with Crippen molar-refractivity contribution in [2.24, 2.45) is 11.8 Å². The van der Waals surface area contributed by atoms with E-state index in [9.17, 15) is 9.59 Å². The standard InChI is InChI=1S/C42H62N6O2/c49-41(43-35-19-23-37(24-20-35)45-27-7-8-28-45)47(39-11-3-1-4-12-39)31-33-15-17-34(18-16-33)32-48(40-13-5-2-6-14-40)42(50)44-36-21-25-38(26-22-36)46-29-9-10-30-46/h19-26,33-34,39-40H,1-18,27-32H2,(H,43,49)(H,44,50). The molecular formula is C42H62N6O2. The predicted molar refractivity (Wildman–Crippen MR) is 206 cm³/mol. The highest BCUT2D eigenvalue weighted by Crippen LogP contribution is 2.34. The fraction of sp³-hybridized carbons (Fsp3) is 0.667. The van der Waals surface area contributed by atoms with E-state index in [0.717, 1.165) is 102 Å². The minimum atomic E-state index is 0.0709. The van der Waals surface area contributed by atoms with E-state index in [1.54, 1.807) is 0 Å². The number of rotatable bonds is 10. The van der Waals surface area contributed by atoms with Crippen LogP contribution in [0.3, 0.4) is 0 Å². The molecule has 2 N–H and O–H groups in total. The summed E-state index contributed by atoms with van der Waals surface area (Å²) in [5.41, 5.74) is 4.30. The molecule has 0 bridgehead atoms. The van der Waals surface area contributed by atoms with Crippen LogP contribution in [0.15, 0.2) is 48.5 Å². The highest BCUT2D eigenvalue weighted by molar-refractivity contribution is 5.90. The molecule has 7 rings (SSSR count). The first-order valence-corrected chi connectivity index (χ1v) is 20.4. The van der Waals surface area contributed by atoms with Crippen LogP contribution in [-0.2, 0) is 0 Å². The van der Waals surface area contributed by atoms with Gasteiger partial charge in [0.25, 0.3) is 0 Å². The van der Waals surface area contributed by atoms with Gasteiger partial charge in [0.05, 0.1) is 0 Å². The number of amides is 4. The lowest BCUT2D eigenvalue weighted by Gasteiger charge is -2.40. The number of anilines is 4. The van der Waals surface area contributed by atoms with Crippen LogP contribution in [0.5, 0.6) is 0 Å². The lowest BCUT2D eigenvalue weighted by Crippen LogP contribution is -2.48. The molecule has 2 aliphatic heterocycles. The van der Waals surface area contributed by atoms with Gasteiger partial charge in [-0.15, -0.1) is 0 Å². The topological polar surface area (TPSA) is 71.2 Å². The molecule has 3 saturated carbocycles. The second kappa shape index (κ2) is 17.2. The molecule has 2 aromatic rings. The van der Waals surface area contributed by atoms with E-state index in [1.165, 1.54) is 75.6 Å². The molecule has 272 valence electrons. The number of carbonyl (C=O) groups is 2. The Morgan fingerprint density at radius 2 is 0.820 bits per heavy atom. The average molecular weight is 683 g/mol. The van der Waals surface area contributed by atoms with Crippen molar-refractivity contribution in [1.82, 2.24) is 9.80 Å². The number of hydrogen-bond donors (Lipinski definition) is 2. The van der Waals surface area contributed by atoms with E-state index < -0.39 is 0 Å². The first-order valence-electron chi connectivity index (χ1n) is 20.4. The van der Waals surface area contributed by atoms with Crippen LogP contribution in [-0.4, -0.2) is 73.2 Å². The molecule has 8 nitrogen and oxygen atoms in total. The third kappa shape index (κ3) is 9.08. The molecule has 4 amide bonds. The Morgan fingerprint density at radius 3 is 1.16 bits per heavy atom. The zero-order valence-corrected chi connectivity index (χ0v) is 30.5. The van der Waals surface area contributed by atoms with Crippen molar-refractivity contribution in [3.8, 4) is 0 Å². The summed E-state index contributed by atoms with van der Waals surface area (Å²) in [4.78, 5) is 37.0. The van der Waals surface area contributed by atoms with Crippen molar-refractivity contribution >= 4 is 34.8 Å². The van der Waals surface area contributed by atoms with Gasteiger partial charge in [-0.2, -0.15) is 0 Å². The Balaban J connectivity index is 0.943. The zero-order chi connectivity index (χ0) is 34.1. The van der Waals surface area contributed by atoms with Crippen molar-refractivity contribution in [3.63, 3.8) is 0 Å². The third-order valence-corrected chi connectivity index (χ3v) is 12.6. The first kappa shape index (κ1) is 35.0. The number of benzene rings is 2. The Morgan fingerprint density at radius 1 is 0.480 bits per heavy atom. The summed E-state index contributed by atoms with van der Waals surface area (Å²) in [6, 6.07) is 17.8. The molecule has 3 aliphatic carbocycles. The van der Waals surface area contributed by atoms with E-state index in [2.05, 4.69) is 78.8 Å². The number of urea groups is 2. The summed E-state index contributed by atoms with van der Waals surface area (Å²) in [6.07, 6.45) is 21.4. The van der Waals surface area contributed by atoms with Crippen molar-refractivity contribution < 1.29 is 9.59 Å². The SMILES string of the molecule is O=C(Nc1ccc(N2CCCC2)cc1)N(CC1CCC(CN(C(=O)Nc2ccc(N3CCCC3)cc2)C2CCCCC2)CC1)C1CCCCC1. The molecule has 5 aliphatic rings. The summed E-state index contributed by atoms with van der Waals surface area (Å²) in [5, 5.41) is 6.56. The Hall–Kier alpha value is -3.42. The number of nitrogens with zero attached hydrogens (tertiary/aromatic N) is 4. The first-order chi connectivity index (χ1) is 24.6. The van der Waals surface area contributed by atoms with Gasteiger partial charge in [0.15, 0.2) is 0 Å². The van der Waals surface area contributed by atoms with Crippen LogP contribution >= 0.6 is 0 Å². The molecule has 8 heteroatoms. The zero-order valence-electron chi connectivity index (χ0n) is 30.5. The minimum Gasteiger partial charge on any atom is -0.372 e. The van der Waals surface area contributed by atoms with Crippen LogP contribution < -0.4 is 20.4 Å². The largest absolute Gasteiger partial charge is 0.372 e. The summed E-state index contributed by atoms with van der Waals surface area (Å²) in [6.45, 7) is 6.20. The van der Waals surface area contributed by atoms with Crippen LogP contribution in [0.2, 0.25) is 0 Å². The summed E-state index contributed by atoms with van der Waals surface area (Å²) in [7, 11) is 0. The normalized spacial score (nSPS) is 23.5. The van der Waals surface area contributed by atoms with E-state index >= 15 is 0 Å². The molecule has 2 aromatic carbocycles. The minimum absolute atomic E-state index is 0.0709. The van der Waals surface area contributed by atoms with Crippen LogP contribution in [0.4, 0.5) is 32.3 Å². The van der Waals surface area contributed by atoms with Gasteiger partial charge in [0.2, 0.25) is 0 Å². The molecule has 0 atom stereocenters. The summed E-state index contributed by atoms with van der Waals surface area (Å²) >= 11 is 0. The maximum absolute atomic E-state index is 13.9. The fourth-order valence-electron chi connectivity index (χ4n) is 9.59. The van der Waals surface area contributed by atoms with Crippen LogP contribution in [0.25, 0.3) is 0 Å².